The third kappa shape index (κ3) is 7.33. The number of halogens is 3. The Kier molecular flexibility index (Phi) is 9.98. The fraction of sp³-hybridized carbons (Fsp3) is 0.545. The van der Waals surface area contributed by atoms with E-state index in [9.17, 15) is 8.78 Å². The maximum Gasteiger partial charge on any atom is 0.191 e. The molecule has 6 nitrogen and oxygen atoms in total. The van der Waals surface area contributed by atoms with Crippen molar-refractivity contribution in [3.05, 3.63) is 47.3 Å². The molecule has 1 aliphatic rings. The highest BCUT2D eigenvalue weighted by Gasteiger charge is 2.23. The first-order valence-electron chi connectivity index (χ1n) is 10.7. The number of benzene rings is 1. The van der Waals surface area contributed by atoms with Gasteiger partial charge in [-0.25, -0.2) is 8.78 Å². The molecule has 3 rings (SSSR count). The fourth-order valence-electron chi connectivity index (χ4n) is 3.80. The minimum absolute atomic E-state index is 0. The zero-order chi connectivity index (χ0) is 21.5. The third-order valence-corrected chi connectivity index (χ3v) is 5.35. The van der Waals surface area contributed by atoms with Crippen molar-refractivity contribution in [2.45, 2.75) is 40.2 Å². The van der Waals surface area contributed by atoms with Gasteiger partial charge in [0.15, 0.2) is 17.6 Å². The van der Waals surface area contributed by atoms with Crippen molar-refractivity contribution in [1.29, 1.82) is 0 Å². The number of anilines is 1. The molecule has 1 aliphatic heterocycles. The summed E-state index contributed by atoms with van der Waals surface area (Å²) in [5.41, 5.74) is 2.96. The van der Waals surface area contributed by atoms with Gasteiger partial charge in [0, 0.05) is 56.7 Å². The number of rotatable bonds is 8. The molecular weight excluding hydrogens is 513 g/mol. The maximum absolute atomic E-state index is 13.5. The Hall–Kier alpha value is -1.91. The molecule has 1 fully saturated rings. The largest absolute Gasteiger partial charge is 0.371 e. The van der Waals surface area contributed by atoms with Crippen molar-refractivity contribution in [2.24, 2.45) is 10.9 Å². The van der Waals surface area contributed by atoms with Crippen LogP contribution < -0.4 is 15.5 Å². The number of guanidine groups is 1. The number of aliphatic imine (C=N–C) groups is 1. The second-order valence-electron chi connectivity index (χ2n) is 7.85. The number of hydrogen-bond acceptors (Lipinski definition) is 3. The average Bonchev–Trinajstić information content (AvgIpc) is 3.31. The molecular formula is C22H33F2IN6. The lowest BCUT2D eigenvalue weighted by molar-refractivity contribution is 0.508. The van der Waals surface area contributed by atoms with E-state index < -0.39 is 11.6 Å². The molecule has 1 unspecified atom stereocenters. The van der Waals surface area contributed by atoms with Crippen LogP contribution in [0.1, 0.15) is 31.2 Å². The summed E-state index contributed by atoms with van der Waals surface area (Å²) in [6, 6.07) is 6.19. The molecule has 0 bridgehead atoms. The van der Waals surface area contributed by atoms with Crippen LogP contribution in [0.5, 0.6) is 0 Å². The van der Waals surface area contributed by atoms with Crippen LogP contribution in [-0.2, 0) is 6.54 Å². The minimum atomic E-state index is -0.807. The van der Waals surface area contributed by atoms with E-state index in [2.05, 4.69) is 33.6 Å². The standard InChI is InChI=1S/C22H32F2N6.HI/c1-4-25-22(26-9-5-10-30-17(3)12-16(2)28-30)27-14-18-8-11-29(15-18)19-6-7-20(23)21(24)13-19;/h6-7,12-13,18H,4-5,8-11,14-15H2,1-3H3,(H2,25,26,27);1H. The normalized spacial score (nSPS) is 16.4. The van der Waals surface area contributed by atoms with Crippen molar-refractivity contribution >= 4 is 35.6 Å². The van der Waals surface area contributed by atoms with Crippen molar-refractivity contribution in [2.75, 3.05) is 37.6 Å². The van der Waals surface area contributed by atoms with Gasteiger partial charge in [-0.05, 0) is 57.7 Å². The number of aryl methyl sites for hydroxylation is 3. The summed E-state index contributed by atoms with van der Waals surface area (Å²) < 4.78 is 28.7. The zero-order valence-corrected chi connectivity index (χ0v) is 20.8. The molecule has 0 aliphatic carbocycles. The summed E-state index contributed by atoms with van der Waals surface area (Å²) in [7, 11) is 0. The number of hydrogen-bond donors (Lipinski definition) is 2. The highest BCUT2D eigenvalue weighted by Crippen LogP contribution is 2.25. The van der Waals surface area contributed by atoms with Gasteiger partial charge in [-0.1, -0.05) is 0 Å². The predicted molar refractivity (Wildman–Crippen MR) is 132 cm³/mol. The van der Waals surface area contributed by atoms with Gasteiger partial charge in [0.1, 0.15) is 0 Å². The first-order valence-corrected chi connectivity index (χ1v) is 10.7. The SMILES string of the molecule is CCNC(=NCC1CCN(c2ccc(F)c(F)c2)C1)NCCCn1nc(C)cc1C.I. The lowest BCUT2D eigenvalue weighted by atomic mass is 10.1. The Morgan fingerprint density at radius 2 is 2.00 bits per heavy atom. The zero-order valence-electron chi connectivity index (χ0n) is 18.5. The molecule has 0 radical (unpaired) electrons. The summed E-state index contributed by atoms with van der Waals surface area (Å²) in [6.45, 7) is 10.9. The summed E-state index contributed by atoms with van der Waals surface area (Å²) in [5, 5.41) is 11.2. The Morgan fingerprint density at radius 1 is 1.19 bits per heavy atom. The Morgan fingerprint density at radius 3 is 2.68 bits per heavy atom. The fourth-order valence-corrected chi connectivity index (χ4v) is 3.80. The quantitative estimate of drug-likeness (QED) is 0.229. The van der Waals surface area contributed by atoms with Crippen LogP contribution in [0.3, 0.4) is 0 Å². The van der Waals surface area contributed by atoms with Crippen LogP contribution in [0.2, 0.25) is 0 Å². The minimum Gasteiger partial charge on any atom is -0.371 e. The molecule has 1 aromatic heterocycles. The molecule has 2 aromatic rings. The maximum atomic E-state index is 13.5. The number of nitrogens with zero attached hydrogens (tertiary/aromatic N) is 4. The van der Waals surface area contributed by atoms with Gasteiger partial charge in [0.05, 0.1) is 5.69 Å². The highest BCUT2D eigenvalue weighted by molar-refractivity contribution is 14.0. The Labute approximate surface area is 200 Å². The van der Waals surface area contributed by atoms with E-state index in [1.54, 1.807) is 6.07 Å². The predicted octanol–water partition coefficient (Wildman–Crippen LogP) is 3.87. The Balaban J connectivity index is 0.00000341. The van der Waals surface area contributed by atoms with E-state index in [1.165, 1.54) is 17.8 Å². The van der Waals surface area contributed by atoms with Gasteiger partial charge in [0.25, 0.3) is 0 Å². The lowest BCUT2D eigenvalue weighted by Gasteiger charge is -2.18. The van der Waals surface area contributed by atoms with Crippen LogP contribution in [0.25, 0.3) is 0 Å². The highest BCUT2D eigenvalue weighted by atomic mass is 127. The molecule has 172 valence electrons. The second kappa shape index (κ2) is 12.2. The van der Waals surface area contributed by atoms with Gasteiger partial charge in [-0.2, -0.15) is 5.10 Å². The topological polar surface area (TPSA) is 57.5 Å². The van der Waals surface area contributed by atoms with E-state index in [4.69, 9.17) is 4.99 Å². The van der Waals surface area contributed by atoms with Gasteiger partial charge >= 0.3 is 0 Å². The molecule has 9 heteroatoms. The van der Waals surface area contributed by atoms with Crippen molar-refractivity contribution in [1.82, 2.24) is 20.4 Å². The van der Waals surface area contributed by atoms with Crippen molar-refractivity contribution in [3.8, 4) is 0 Å². The van der Waals surface area contributed by atoms with E-state index in [0.717, 1.165) is 62.9 Å². The molecule has 1 saturated heterocycles. The molecule has 31 heavy (non-hydrogen) atoms. The van der Waals surface area contributed by atoms with E-state index in [-0.39, 0.29) is 24.0 Å². The van der Waals surface area contributed by atoms with Gasteiger partial charge in [-0.3, -0.25) is 9.67 Å². The van der Waals surface area contributed by atoms with Gasteiger partial charge in [-0.15, -0.1) is 24.0 Å². The van der Waals surface area contributed by atoms with E-state index in [1.807, 2.05) is 18.5 Å². The van der Waals surface area contributed by atoms with Crippen LogP contribution in [0.15, 0.2) is 29.3 Å². The van der Waals surface area contributed by atoms with Crippen LogP contribution in [-0.4, -0.2) is 48.5 Å². The van der Waals surface area contributed by atoms with Crippen LogP contribution >= 0.6 is 24.0 Å². The first-order chi connectivity index (χ1) is 14.5. The smallest absolute Gasteiger partial charge is 0.191 e. The van der Waals surface area contributed by atoms with Crippen LogP contribution in [0, 0.1) is 31.4 Å². The third-order valence-electron chi connectivity index (χ3n) is 5.35. The average molecular weight is 546 g/mol. The summed E-state index contributed by atoms with van der Waals surface area (Å²) in [4.78, 5) is 6.83. The molecule has 2 N–H and O–H groups in total. The number of nitrogens with one attached hydrogen (secondary N) is 2. The molecule has 1 aromatic carbocycles. The van der Waals surface area contributed by atoms with Crippen molar-refractivity contribution in [3.63, 3.8) is 0 Å². The lowest BCUT2D eigenvalue weighted by Crippen LogP contribution is -2.38. The summed E-state index contributed by atoms with van der Waals surface area (Å²) in [6.07, 6.45) is 1.94. The van der Waals surface area contributed by atoms with E-state index >= 15 is 0 Å². The Bertz CT molecular complexity index is 870. The molecule has 0 spiro atoms. The molecule has 0 saturated carbocycles. The van der Waals surface area contributed by atoms with E-state index in [0.29, 0.717) is 12.5 Å². The number of aromatic nitrogens is 2. The van der Waals surface area contributed by atoms with Gasteiger partial charge < -0.3 is 15.5 Å². The monoisotopic (exact) mass is 546 g/mol. The van der Waals surface area contributed by atoms with Crippen molar-refractivity contribution < 1.29 is 8.78 Å². The first kappa shape index (κ1) is 25.4. The van der Waals surface area contributed by atoms with Crippen LogP contribution in [0.4, 0.5) is 14.5 Å². The summed E-state index contributed by atoms with van der Waals surface area (Å²) in [5.74, 6) is -0.396. The molecule has 2 heterocycles. The molecule has 0 amide bonds. The summed E-state index contributed by atoms with van der Waals surface area (Å²) >= 11 is 0. The second-order valence-corrected chi connectivity index (χ2v) is 7.85. The molecule has 1 atom stereocenters. The van der Waals surface area contributed by atoms with Gasteiger partial charge in [0.2, 0.25) is 0 Å².